The molecule has 0 radical (unpaired) electrons. The SMILES string of the molecule is COc1cccc(Cl)c1.[H-].[H-].[Mg+2]. The Balaban J connectivity index is -0.000000270. The smallest absolute Gasteiger partial charge is 1.00 e. The zero-order valence-electron chi connectivity index (χ0n) is 7.80. The molecule has 0 atom stereocenters. The zero-order chi connectivity index (χ0) is 6.69. The van der Waals surface area contributed by atoms with Crippen molar-refractivity contribution < 1.29 is 7.59 Å². The summed E-state index contributed by atoms with van der Waals surface area (Å²) in [5, 5.41) is 0.703. The number of ether oxygens (including phenoxy) is 1. The topological polar surface area (TPSA) is 9.23 Å². The molecule has 1 aromatic carbocycles. The van der Waals surface area contributed by atoms with Crippen LogP contribution in [-0.4, -0.2) is 30.2 Å². The first-order valence-electron chi connectivity index (χ1n) is 2.62. The maximum Gasteiger partial charge on any atom is 2.00 e. The maximum absolute atomic E-state index is 5.64. The van der Waals surface area contributed by atoms with Gasteiger partial charge in [-0.15, -0.1) is 0 Å². The largest absolute Gasteiger partial charge is 2.00 e. The van der Waals surface area contributed by atoms with Gasteiger partial charge in [-0.2, -0.15) is 0 Å². The van der Waals surface area contributed by atoms with E-state index in [-0.39, 0.29) is 25.9 Å². The second-order valence-corrected chi connectivity index (χ2v) is 2.10. The minimum atomic E-state index is 0. The van der Waals surface area contributed by atoms with Crippen molar-refractivity contribution in [3.63, 3.8) is 0 Å². The fourth-order valence-electron chi connectivity index (χ4n) is 0.594. The molecule has 0 amide bonds. The first kappa shape index (κ1) is 10.1. The third kappa shape index (κ3) is 2.77. The van der Waals surface area contributed by atoms with Crippen molar-refractivity contribution in [3.8, 4) is 5.75 Å². The van der Waals surface area contributed by atoms with Crippen LogP contribution in [0.2, 0.25) is 5.02 Å². The number of benzene rings is 1. The first-order chi connectivity index (χ1) is 4.33. The van der Waals surface area contributed by atoms with Gasteiger partial charge in [0.15, 0.2) is 0 Å². The van der Waals surface area contributed by atoms with E-state index in [1.165, 1.54) is 0 Å². The summed E-state index contributed by atoms with van der Waals surface area (Å²) in [6, 6.07) is 7.28. The third-order valence-electron chi connectivity index (χ3n) is 1.03. The van der Waals surface area contributed by atoms with Crippen LogP contribution in [0.4, 0.5) is 0 Å². The summed E-state index contributed by atoms with van der Waals surface area (Å²) in [7, 11) is 1.62. The third-order valence-corrected chi connectivity index (χ3v) is 1.27. The van der Waals surface area contributed by atoms with Gasteiger partial charge in [-0.1, -0.05) is 17.7 Å². The number of methoxy groups -OCH3 is 1. The van der Waals surface area contributed by atoms with Gasteiger partial charge >= 0.3 is 23.1 Å². The molecule has 0 aromatic heterocycles. The Morgan fingerprint density at radius 1 is 1.50 bits per heavy atom. The Labute approximate surface area is 84.5 Å². The summed E-state index contributed by atoms with van der Waals surface area (Å²) < 4.78 is 4.91. The molecule has 0 heterocycles. The maximum atomic E-state index is 5.64. The minimum Gasteiger partial charge on any atom is -1.00 e. The molecule has 1 nitrogen and oxygen atoms in total. The van der Waals surface area contributed by atoms with Gasteiger partial charge in [-0.3, -0.25) is 0 Å². The van der Waals surface area contributed by atoms with E-state index in [1.54, 1.807) is 13.2 Å². The monoisotopic (exact) mass is 168 g/mol. The molecule has 1 rings (SSSR count). The zero-order valence-corrected chi connectivity index (χ0v) is 7.97. The predicted octanol–water partition coefficient (Wildman–Crippen LogP) is 2.19. The van der Waals surface area contributed by atoms with E-state index < -0.39 is 0 Å². The summed E-state index contributed by atoms with van der Waals surface area (Å²) in [5.74, 6) is 0.794. The van der Waals surface area contributed by atoms with Gasteiger partial charge in [-0.05, 0) is 18.2 Å². The summed E-state index contributed by atoms with van der Waals surface area (Å²) in [5.41, 5.74) is 0. The van der Waals surface area contributed by atoms with Crippen LogP contribution in [-0.2, 0) is 0 Å². The van der Waals surface area contributed by atoms with E-state index in [2.05, 4.69) is 0 Å². The second-order valence-electron chi connectivity index (χ2n) is 1.66. The molecule has 0 spiro atoms. The Morgan fingerprint density at radius 3 is 2.60 bits per heavy atom. The van der Waals surface area contributed by atoms with Gasteiger partial charge in [0.2, 0.25) is 0 Å². The van der Waals surface area contributed by atoms with E-state index in [4.69, 9.17) is 16.3 Å². The minimum absolute atomic E-state index is 0. The van der Waals surface area contributed by atoms with E-state index >= 15 is 0 Å². The molecule has 0 aliphatic carbocycles. The fourth-order valence-corrected chi connectivity index (χ4v) is 0.774. The molecule has 1 aromatic rings. The molecule has 0 N–H and O–H groups in total. The summed E-state index contributed by atoms with van der Waals surface area (Å²) in [6.07, 6.45) is 0. The number of hydrogen-bond donors (Lipinski definition) is 0. The quantitative estimate of drug-likeness (QED) is 0.585. The van der Waals surface area contributed by atoms with Gasteiger partial charge < -0.3 is 7.59 Å². The first-order valence-corrected chi connectivity index (χ1v) is 3.00. The molecular formula is C7H9ClMgO. The molecule has 0 aliphatic heterocycles. The molecular weight excluding hydrogens is 160 g/mol. The van der Waals surface area contributed by atoms with Crippen LogP contribution in [0.1, 0.15) is 2.85 Å². The van der Waals surface area contributed by atoms with Crippen molar-refractivity contribution in [1.82, 2.24) is 0 Å². The van der Waals surface area contributed by atoms with E-state index in [0.29, 0.717) is 5.02 Å². The number of hydrogen-bond acceptors (Lipinski definition) is 1. The number of rotatable bonds is 1. The van der Waals surface area contributed by atoms with E-state index in [0.717, 1.165) is 5.75 Å². The van der Waals surface area contributed by atoms with E-state index in [9.17, 15) is 0 Å². The van der Waals surface area contributed by atoms with Gasteiger partial charge in [0.25, 0.3) is 0 Å². The fraction of sp³-hybridized carbons (Fsp3) is 0.143. The van der Waals surface area contributed by atoms with Crippen molar-refractivity contribution in [2.24, 2.45) is 0 Å². The molecule has 52 valence electrons. The Morgan fingerprint density at radius 2 is 2.20 bits per heavy atom. The standard InChI is InChI=1S/C7H7ClO.Mg.2H/c1-9-7-4-2-3-6(8)5-7;;;/h2-5H,1H3;;;/q;+2;2*-1. The molecule has 0 bridgehead atoms. The Hall–Kier alpha value is 0.0762. The summed E-state index contributed by atoms with van der Waals surface area (Å²) in [6.45, 7) is 0. The van der Waals surface area contributed by atoms with Crippen LogP contribution in [0.25, 0.3) is 0 Å². The van der Waals surface area contributed by atoms with Gasteiger partial charge in [-0.25, -0.2) is 0 Å². The van der Waals surface area contributed by atoms with Gasteiger partial charge in [0, 0.05) is 5.02 Å². The summed E-state index contributed by atoms with van der Waals surface area (Å²) in [4.78, 5) is 0. The van der Waals surface area contributed by atoms with Crippen LogP contribution in [0, 0.1) is 0 Å². The van der Waals surface area contributed by atoms with Crippen LogP contribution in [0.3, 0.4) is 0 Å². The average Bonchev–Trinajstić information content (AvgIpc) is 1.88. The van der Waals surface area contributed by atoms with Crippen LogP contribution in [0.15, 0.2) is 24.3 Å². The van der Waals surface area contributed by atoms with E-state index in [1.807, 2.05) is 18.2 Å². The number of halogens is 1. The molecule has 0 aliphatic rings. The predicted molar refractivity (Wildman–Crippen MR) is 46.0 cm³/mol. The summed E-state index contributed by atoms with van der Waals surface area (Å²) >= 11 is 5.64. The molecule has 0 saturated heterocycles. The Bertz CT molecular complexity index is 210. The Kier molecular flexibility index (Phi) is 4.86. The molecule has 0 fully saturated rings. The molecule has 0 saturated carbocycles. The van der Waals surface area contributed by atoms with Crippen molar-refractivity contribution in [2.45, 2.75) is 0 Å². The van der Waals surface area contributed by atoms with Crippen molar-refractivity contribution in [3.05, 3.63) is 29.3 Å². The van der Waals surface area contributed by atoms with Crippen molar-refractivity contribution in [1.29, 1.82) is 0 Å². The molecule has 0 unspecified atom stereocenters. The normalized spacial score (nSPS) is 8.20. The van der Waals surface area contributed by atoms with Gasteiger partial charge in [0.1, 0.15) is 5.75 Å². The second kappa shape index (κ2) is 4.83. The van der Waals surface area contributed by atoms with Crippen molar-refractivity contribution >= 4 is 34.7 Å². The molecule has 3 heteroatoms. The van der Waals surface area contributed by atoms with Crippen molar-refractivity contribution in [2.75, 3.05) is 7.11 Å². The van der Waals surface area contributed by atoms with Crippen LogP contribution in [0.5, 0.6) is 5.75 Å². The van der Waals surface area contributed by atoms with Crippen LogP contribution >= 0.6 is 11.6 Å². The van der Waals surface area contributed by atoms with Gasteiger partial charge in [0.05, 0.1) is 7.11 Å². The molecule has 10 heavy (non-hydrogen) atoms. The van der Waals surface area contributed by atoms with Crippen LogP contribution < -0.4 is 4.74 Å². The average molecular weight is 169 g/mol.